The molecule has 2 heterocycles. The molecule has 0 fully saturated rings. The van der Waals surface area contributed by atoms with Gasteiger partial charge in [0.05, 0.1) is 11.4 Å². The Labute approximate surface area is 172 Å². The average molecular weight is 420 g/mol. The van der Waals surface area contributed by atoms with Crippen molar-refractivity contribution >= 4 is 46.0 Å². The number of hydrogen-bond donors (Lipinski definition) is 1. The highest BCUT2D eigenvalue weighted by Gasteiger charge is 2.18. The van der Waals surface area contributed by atoms with Gasteiger partial charge in [0.15, 0.2) is 10.7 Å². The molecule has 3 aromatic rings. The number of amides is 1. The highest BCUT2D eigenvalue weighted by molar-refractivity contribution is 7.99. The van der Waals surface area contributed by atoms with Crippen molar-refractivity contribution < 1.29 is 4.79 Å². The summed E-state index contributed by atoms with van der Waals surface area (Å²) in [6.07, 6.45) is 0.789. The van der Waals surface area contributed by atoms with Crippen molar-refractivity contribution in [2.45, 2.75) is 45.4 Å². The molecule has 0 atom stereocenters. The van der Waals surface area contributed by atoms with E-state index >= 15 is 0 Å². The van der Waals surface area contributed by atoms with Crippen molar-refractivity contribution in [2.75, 3.05) is 11.1 Å². The number of carbonyl (C=O) groups excluding carboxylic acids is 1. The lowest BCUT2D eigenvalue weighted by molar-refractivity contribution is -0.113. The lowest BCUT2D eigenvalue weighted by Gasteiger charge is -2.12. The lowest BCUT2D eigenvalue weighted by Crippen LogP contribution is -2.25. The molecule has 28 heavy (non-hydrogen) atoms. The molecule has 2 aromatic heterocycles. The van der Waals surface area contributed by atoms with Gasteiger partial charge in [-0.3, -0.25) is 18.8 Å². The van der Waals surface area contributed by atoms with Crippen LogP contribution in [0.3, 0.4) is 0 Å². The minimum absolute atomic E-state index is 0.116. The summed E-state index contributed by atoms with van der Waals surface area (Å²) in [5.74, 6) is -0.0312. The second-order valence-electron chi connectivity index (χ2n) is 6.29. The summed E-state index contributed by atoms with van der Waals surface area (Å²) in [6.45, 7) is 6.92. The van der Waals surface area contributed by atoms with Gasteiger partial charge >= 0.3 is 0 Å². The number of aryl methyl sites for hydroxylation is 2. The fourth-order valence-corrected chi connectivity index (χ4v) is 3.85. The Bertz CT molecular complexity index is 1060. The Morgan fingerprint density at radius 1 is 1.25 bits per heavy atom. The monoisotopic (exact) mass is 419 g/mol. The third-order valence-corrected chi connectivity index (χ3v) is 5.42. The highest BCUT2D eigenvalue weighted by atomic mass is 35.5. The number of nitrogens with zero attached hydrogens (tertiary/aromatic N) is 4. The predicted octanol–water partition coefficient (Wildman–Crippen LogP) is 3.72. The molecule has 1 N–H and O–H groups in total. The molecule has 0 saturated carbocycles. The van der Waals surface area contributed by atoms with E-state index in [1.807, 2.05) is 20.8 Å². The zero-order valence-corrected chi connectivity index (χ0v) is 17.6. The zero-order valence-electron chi connectivity index (χ0n) is 16.0. The van der Waals surface area contributed by atoms with Crippen molar-refractivity contribution in [1.29, 1.82) is 0 Å². The number of rotatable bonds is 7. The number of anilines is 1. The summed E-state index contributed by atoms with van der Waals surface area (Å²) in [5.41, 5.74) is 2.38. The molecule has 7 nitrogen and oxygen atoms in total. The van der Waals surface area contributed by atoms with Crippen LogP contribution in [0, 0.1) is 6.92 Å². The Balaban J connectivity index is 1.86. The molecule has 0 spiro atoms. The van der Waals surface area contributed by atoms with Crippen LogP contribution in [0.1, 0.15) is 26.0 Å². The molecule has 9 heteroatoms. The molecule has 1 amide bonds. The number of thioether (sulfide) groups is 1. The first-order chi connectivity index (χ1) is 13.4. The van der Waals surface area contributed by atoms with E-state index in [2.05, 4.69) is 15.4 Å². The zero-order chi connectivity index (χ0) is 20.3. The van der Waals surface area contributed by atoms with Gasteiger partial charge in [-0.05, 0) is 44.5 Å². The normalized spacial score (nSPS) is 11.1. The maximum atomic E-state index is 13.0. The standard InChI is InChI=1S/C19H22ClN5O2S/c1-4-10-24-18(27)17-16(12(3)23-25(17)5-2)22-19(24)28-11-15(26)21-14-8-6-13(20)7-9-14/h6-9H,4-5,10-11H2,1-3H3,(H,21,26). The Hall–Kier alpha value is -2.32. The van der Waals surface area contributed by atoms with Crippen LogP contribution in [0.15, 0.2) is 34.2 Å². The van der Waals surface area contributed by atoms with Crippen LogP contribution in [-0.2, 0) is 17.9 Å². The van der Waals surface area contributed by atoms with Crippen molar-refractivity contribution in [3.63, 3.8) is 0 Å². The Morgan fingerprint density at radius 2 is 1.96 bits per heavy atom. The molecular formula is C19H22ClN5O2S. The molecule has 3 rings (SSSR count). The third kappa shape index (κ3) is 4.23. The van der Waals surface area contributed by atoms with Gasteiger partial charge in [0.1, 0.15) is 5.52 Å². The first kappa shape index (κ1) is 20.4. The van der Waals surface area contributed by atoms with E-state index in [0.717, 1.165) is 6.42 Å². The minimum Gasteiger partial charge on any atom is -0.325 e. The topological polar surface area (TPSA) is 81.8 Å². The van der Waals surface area contributed by atoms with Crippen LogP contribution in [0.5, 0.6) is 0 Å². The third-order valence-electron chi connectivity index (χ3n) is 4.19. The quantitative estimate of drug-likeness (QED) is 0.466. The van der Waals surface area contributed by atoms with Gasteiger partial charge in [0.25, 0.3) is 5.56 Å². The van der Waals surface area contributed by atoms with E-state index in [4.69, 9.17) is 11.6 Å². The summed E-state index contributed by atoms with van der Waals surface area (Å²) in [4.78, 5) is 30.0. The van der Waals surface area contributed by atoms with Gasteiger partial charge in [-0.15, -0.1) is 0 Å². The summed E-state index contributed by atoms with van der Waals surface area (Å²) in [7, 11) is 0. The maximum Gasteiger partial charge on any atom is 0.280 e. The number of fused-ring (bicyclic) bond motifs is 1. The minimum atomic E-state index is -0.175. The number of aromatic nitrogens is 4. The SMILES string of the molecule is CCCn1c(SCC(=O)Nc2ccc(Cl)cc2)nc2c(C)nn(CC)c2c1=O. The van der Waals surface area contributed by atoms with Gasteiger partial charge in [0.2, 0.25) is 5.91 Å². The van der Waals surface area contributed by atoms with Crippen LogP contribution in [-0.4, -0.2) is 31.0 Å². The number of halogens is 1. The molecule has 1 aromatic carbocycles. The largest absolute Gasteiger partial charge is 0.325 e. The van der Waals surface area contributed by atoms with Gasteiger partial charge in [-0.2, -0.15) is 5.10 Å². The maximum absolute atomic E-state index is 13.0. The molecule has 0 unspecified atom stereocenters. The molecule has 0 aliphatic heterocycles. The van der Waals surface area contributed by atoms with Gasteiger partial charge in [0, 0.05) is 23.8 Å². The molecule has 148 valence electrons. The summed E-state index contributed by atoms with van der Waals surface area (Å²) in [6, 6.07) is 6.91. The van der Waals surface area contributed by atoms with Crippen LogP contribution < -0.4 is 10.9 Å². The second-order valence-corrected chi connectivity index (χ2v) is 7.67. The van der Waals surface area contributed by atoms with E-state index in [9.17, 15) is 9.59 Å². The number of carbonyl (C=O) groups is 1. The van der Waals surface area contributed by atoms with Crippen molar-refractivity contribution in [3.8, 4) is 0 Å². The van der Waals surface area contributed by atoms with Crippen LogP contribution in [0.25, 0.3) is 11.0 Å². The van der Waals surface area contributed by atoms with Crippen molar-refractivity contribution in [2.24, 2.45) is 0 Å². The molecule has 0 aliphatic carbocycles. The fraction of sp³-hybridized carbons (Fsp3) is 0.368. The Kier molecular flexibility index (Phi) is 6.41. The smallest absolute Gasteiger partial charge is 0.280 e. The van der Waals surface area contributed by atoms with Crippen LogP contribution in [0.4, 0.5) is 5.69 Å². The summed E-state index contributed by atoms with van der Waals surface area (Å²) >= 11 is 7.11. The first-order valence-electron chi connectivity index (χ1n) is 9.10. The Morgan fingerprint density at radius 3 is 2.61 bits per heavy atom. The van der Waals surface area contributed by atoms with Crippen molar-refractivity contribution in [3.05, 3.63) is 45.3 Å². The second kappa shape index (κ2) is 8.79. The molecule has 0 bridgehead atoms. The lowest BCUT2D eigenvalue weighted by atomic mass is 10.3. The van der Waals surface area contributed by atoms with E-state index in [-0.39, 0.29) is 17.2 Å². The average Bonchev–Trinajstić information content (AvgIpc) is 3.00. The number of hydrogen-bond acceptors (Lipinski definition) is 5. The van der Waals surface area contributed by atoms with E-state index in [1.165, 1.54) is 11.8 Å². The van der Waals surface area contributed by atoms with Gasteiger partial charge in [-0.25, -0.2) is 4.98 Å². The number of benzene rings is 1. The van der Waals surface area contributed by atoms with E-state index < -0.39 is 0 Å². The fourth-order valence-electron chi connectivity index (χ4n) is 2.91. The molecule has 0 radical (unpaired) electrons. The predicted molar refractivity (Wildman–Crippen MR) is 113 cm³/mol. The molecule has 0 saturated heterocycles. The van der Waals surface area contributed by atoms with Gasteiger partial charge < -0.3 is 5.32 Å². The van der Waals surface area contributed by atoms with E-state index in [1.54, 1.807) is 33.5 Å². The first-order valence-corrected chi connectivity index (χ1v) is 10.5. The van der Waals surface area contributed by atoms with Crippen molar-refractivity contribution in [1.82, 2.24) is 19.3 Å². The van der Waals surface area contributed by atoms with Gasteiger partial charge in [-0.1, -0.05) is 30.3 Å². The highest BCUT2D eigenvalue weighted by Crippen LogP contribution is 2.21. The van der Waals surface area contributed by atoms with Crippen LogP contribution in [0.2, 0.25) is 5.02 Å². The number of nitrogens with one attached hydrogen (secondary N) is 1. The molecular weight excluding hydrogens is 398 g/mol. The summed E-state index contributed by atoms with van der Waals surface area (Å²) < 4.78 is 3.32. The summed E-state index contributed by atoms with van der Waals surface area (Å²) in [5, 5.41) is 8.37. The molecule has 0 aliphatic rings. The van der Waals surface area contributed by atoms with Crippen LogP contribution >= 0.6 is 23.4 Å². The van der Waals surface area contributed by atoms with E-state index in [0.29, 0.717) is 45.7 Å².